The molecule has 0 heterocycles. The molecule has 1 aromatic rings. The van der Waals surface area contributed by atoms with Crippen LogP contribution in [-0.2, 0) is 9.53 Å². The predicted molar refractivity (Wildman–Crippen MR) is 84.3 cm³/mol. The number of carboxylic acid groups (broad SMARTS) is 1. The van der Waals surface area contributed by atoms with E-state index in [9.17, 15) is 9.90 Å². The van der Waals surface area contributed by atoms with Crippen molar-refractivity contribution in [3.63, 3.8) is 0 Å². The van der Waals surface area contributed by atoms with Gasteiger partial charge < -0.3 is 19.7 Å². The van der Waals surface area contributed by atoms with Gasteiger partial charge in [0, 0.05) is 12.7 Å². The number of ether oxygens (including phenoxy) is 2. The fourth-order valence-corrected chi connectivity index (χ4v) is 1.97. The van der Waals surface area contributed by atoms with Crippen LogP contribution < -0.4 is 4.74 Å². The molecule has 1 atom stereocenters. The van der Waals surface area contributed by atoms with Gasteiger partial charge >= 0.3 is 5.97 Å². The minimum Gasteiger partial charge on any atom is -0.504 e. The van der Waals surface area contributed by atoms with E-state index in [0.29, 0.717) is 25.4 Å². The fraction of sp³-hybridized carbons (Fsp3) is 0.471. The summed E-state index contributed by atoms with van der Waals surface area (Å²) in [6, 6.07) is 5.08. The van der Waals surface area contributed by atoms with E-state index in [1.54, 1.807) is 24.3 Å². The van der Waals surface area contributed by atoms with Crippen LogP contribution in [-0.4, -0.2) is 29.4 Å². The van der Waals surface area contributed by atoms with Gasteiger partial charge in [-0.15, -0.1) is 0 Å². The number of carbonyl (C=O) groups is 1. The Labute approximate surface area is 131 Å². The molecule has 0 fully saturated rings. The Kier molecular flexibility index (Phi) is 8.07. The molecule has 122 valence electrons. The number of aliphatic carboxylic acids is 1. The monoisotopic (exact) mass is 308 g/mol. The Hall–Kier alpha value is -2.01. The SMILES string of the molecule is CCCCOc1cc(C(CC=CC(=O)O)OCC)ccc1O. The summed E-state index contributed by atoms with van der Waals surface area (Å²) in [6.45, 7) is 5.01. The molecule has 22 heavy (non-hydrogen) atoms. The highest BCUT2D eigenvalue weighted by Crippen LogP contribution is 2.32. The maximum absolute atomic E-state index is 10.5. The van der Waals surface area contributed by atoms with Crippen LogP contribution in [0.1, 0.15) is 44.8 Å². The molecule has 0 aliphatic carbocycles. The van der Waals surface area contributed by atoms with Gasteiger partial charge in [0.2, 0.25) is 0 Å². The van der Waals surface area contributed by atoms with Crippen molar-refractivity contribution >= 4 is 5.97 Å². The summed E-state index contributed by atoms with van der Waals surface area (Å²) < 4.78 is 11.2. The molecule has 0 saturated carbocycles. The summed E-state index contributed by atoms with van der Waals surface area (Å²) >= 11 is 0. The second-order valence-corrected chi connectivity index (χ2v) is 4.85. The lowest BCUT2D eigenvalue weighted by Gasteiger charge is -2.17. The summed E-state index contributed by atoms with van der Waals surface area (Å²) in [6.07, 6.45) is 4.77. The highest BCUT2D eigenvalue weighted by molar-refractivity contribution is 5.79. The third-order valence-electron chi connectivity index (χ3n) is 3.09. The zero-order valence-corrected chi connectivity index (χ0v) is 13.1. The second-order valence-electron chi connectivity index (χ2n) is 4.85. The normalized spacial score (nSPS) is 12.5. The van der Waals surface area contributed by atoms with Crippen LogP contribution in [0.25, 0.3) is 0 Å². The molecule has 1 aromatic carbocycles. The molecule has 5 heteroatoms. The first-order chi connectivity index (χ1) is 10.6. The Balaban J connectivity index is 2.84. The average Bonchev–Trinajstić information content (AvgIpc) is 2.48. The van der Waals surface area contributed by atoms with Crippen molar-refractivity contribution in [1.82, 2.24) is 0 Å². The van der Waals surface area contributed by atoms with Crippen molar-refractivity contribution in [2.75, 3.05) is 13.2 Å². The first-order valence-corrected chi connectivity index (χ1v) is 7.55. The summed E-state index contributed by atoms with van der Waals surface area (Å²) in [5, 5.41) is 18.5. The summed E-state index contributed by atoms with van der Waals surface area (Å²) in [7, 11) is 0. The standard InChI is InChI=1S/C17H24O5/c1-3-5-11-22-16-12-13(9-10-14(16)18)15(21-4-2)7-6-8-17(19)20/h6,8-10,12,15,18H,3-5,7,11H2,1-2H3,(H,19,20). The molecule has 0 amide bonds. The van der Waals surface area contributed by atoms with Crippen molar-refractivity contribution in [2.45, 2.75) is 39.2 Å². The minimum absolute atomic E-state index is 0.0937. The molecule has 0 aliphatic heterocycles. The molecule has 0 spiro atoms. The second kappa shape index (κ2) is 9.84. The lowest BCUT2D eigenvalue weighted by molar-refractivity contribution is -0.131. The van der Waals surface area contributed by atoms with Gasteiger partial charge in [0.1, 0.15) is 0 Å². The quantitative estimate of drug-likeness (QED) is 0.509. The zero-order valence-electron chi connectivity index (χ0n) is 13.1. The lowest BCUT2D eigenvalue weighted by Crippen LogP contribution is -2.05. The number of phenolic OH excluding ortho intramolecular Hbond substituents is 1. The highest BCUT2D eigenvalue weighted by Gasteiger charge is 2.13. The third kappa shape index (κ3) is 6.18. The molecule has 0 aliphatic rings. The largest absolute Gasteiger partial charge is 0.504 e. The molecule has 5 nitrogen and oxygen atoms in total. The van der Waals surface area contributed by atoms with Gasteiger partial charge in [-0.05, 0) is 37.5 Å². The Morgan fingerprint density at radius 3 is 2.77 bits per heavy atom. The van der Waals surface area contributed by atoms with Crippen LogP contribution in [0.15, 0.2) is 30.4 Å². The number of unbranched alkanes of at least 4 members (excludes halogenated alkanes) is 1. The van der Waals surface area contributed by atoms with Crippen molar-refractivity contribution in [3.8, 4) is 11.5 Å². The number of phenols is 1. The van der Waals surface area contributed by atoms with Crippen molar-refractivity contribution in [1.29, 1.82) is 0 Å². The lowest BCUT2D eigenvalue weighted by atomic mass is 10.1. The number of benzene rings is 1. The van der Waals surface area contributed by atoms with E-state index >= 15 is 0 Å². The fourth-order valence-electron chi connectivity index (χ4n) is 1.97. The maximum Gasteiger partial charge on any atom is 0.327 e. The Morgan fingerprint density at radius 1 is 1.36 bits per heavy atom. The Morgan fingerprint density at radius 2 is 2.14 bits per heavy atom. The van der Waals surface area contributed by atoms with E-state index in [1.807, 2.05) is 6.92 Å². The first kappa shape index (κ1) is 18.0. The van der Waals surface area contributed by atoms with Gasteiger partial charge in [-0.2, -0.15) is 0 Å². The molecule has 1 rings (SSSR count). The van der Waals surface area contributed by atoms with Gasteiger partial charge in [-0.1, -0.05) is 25.5 Å². The van der Waals surface area contributed by atoms with Crippen molar-refractivity contribution in [3.05, 3.63) is 35.9 Å². The van der Waals surface area contributed by atoms with E-state index in [1.165, 1.54) is 0 Å². The van der Waals surface area contributed by atoms with E-state index in [0.717, 1.165) is 24.5 Å². The molecule has 2 N–H and O–H groups in total. The number of hydrogen-bond acceptors (Lipinski definition) is 4. The maximum atomic E-state index is 10.5. The van der Waals surface area contributed by atoms with Crippen LogP contribution in [0.3, 0.4) is 0 Å². The first-order valence-electron chi connectivity index (χ1n) is 7.55. The van der Waals surface area contributed by atoms with Crippen LogP contribution in [0.4, 0.5) is 0 Å². The van der Waals surface area contributed by atoms with E-state index in [-0.39, 0.29) is 11.9 Å². The number of carboxylic acids is 1. The number of rotatable bonds is 10. The zero-order chi connectivity index (χ0) is 16.4. The smallest absolute Gasteiger partial charge is 0.327 e. The topological polar surface area (TPSA) is 76.0 Å². The highest BCUT2D eigenvalue weighted by atomic mass is 16.5. The molecular formula is C17H24O5. The van der Waals surface area contributed by atoms with Gasteiger partial charge in [-0.3, -0.25) is 0 Å². The van der Waals surface area contributed by atoms with Crippen LogP contribution in [0.5, 0.6) is 11.5 Å². The van der Waals surface area contributed by atoms with Gasteiger partial charge in [0.05, 0.1) is 12.7 Å². The van der Waals surface area contributed by atoms with Crippen LogP contribution in [0.2, 0.25) is 0 Å². The van der Waals surface area contributed by atoms with E-state index < -0.39 is 5.97 Å². The molecule has 0 saturated heterocycles. The summed E-state index contributed by atoms with van der Waals surface area (Å²) in [4.78, 5) is 10.5. The van der Waals surface area contributed by atoms with Gasteiger partial charge in [-0.25, -0.2) is 4.79 Å². The van der Waals surface area contributed by atoms with Crippen LogP contribution >= 0.6 is 0 Å². The number of hydrogen-bond donors (Lipinski definition) is 2. The molecular weight excluding hydrogens is 284 g/mol. The minimum atomic E-state index is -0.982. The summed E-state index contributed by atoms with van der Waals surface area (Å²) in [5.41, 5.74) is 0.848. The van der Waals surface area contributed by atoms with Gasteiger partial charge in [0.15, 0.2) is 11.5 Å². The predicted octanol–water partition coefficient (Wildman–Crippen LogP) is 3.68. The van der Waals surface area contributed by atoms with Crippen LogP contribution in [0, 0.1) is 0 Å². The molecule has 0 bridgehead atoms. The molecule has 1 unspecified atom stereocenters. The Bertz CT molecular complexity index is 496. The van der Waals surface area contributed by atoms with Gasteiger partial charge in [0.25, 0.3) is 0 Å². The molecule has 0 aromatic heterocycles. The summed E-state index contributed by atoms with van der Waals surface area (Å²) in [5.74, 6) is -0.460. The van der Waals surface area contributed by atoms with Crippen molar-refractivity contribution in [2.24, 2.45) is 0 Å². The average molecular weight is 308 g/mol. The van der Waals surface area contributed by atoms with E-state index in [2.05, 4.69) is 6.92 Å². The third-order valence-corrected chi connectivity index (χ3v) is 3.09. The van der Waals surface area contributed by atoms with E-state index in [4.69, 9.17) is 14.6 Å². The molecule has 0 radical (unpaired) electrons. The number of aromatic hydroxyl groups is 1. The van der Waals surface area contributed by atoms with Crippen molar-refractivity contribution < 1.29 is 24.5 Å².